The van der Waals surface area contributed by atoms with Crippen LogP contribution in [0.4, 0.5) is 0 Å². The fourth-order valence-corrected chi connectivity index (χ4v) is 4.69. The molecule has 0 spiro atoms. The van der Waals surface area contributed by atoms with Gasteiger partial charge < -0.3 is 19.7 Å². The molecule has 7 nitrogen and oxygen atoms in total. The zero-order valence-corrected chi connectivity index (χ0v) is 21.7. The van der Waals surface area contributed by atoms with Crippen molar-refractivity contribution in [1.29, 1.82) is 0 Å². The van der Waals surface area contributed by atoms with E-state index < -0.39 is 0 Å². The van der Waals surface area contributed by atoms with Crippen LogP contribution in [0, 0.1) is 13.8 Å². The fourth-order valence-electron chi connectivity index (χ4n) is 4.69. The molecule has 2 aromatic rings. The van der Waals surface area contributed by atoms with Gasteiger partial charge in [0, 0.05) is 50.6 Å². The topological polar surface area (TPSA) is 62.2 Å². The van der Waals surface area contributed by atoms with Crippen LogP contribution < -0.4 is 10.1 Å². The summed E-state index contributed by atoms with van der Waals surface area (Å²) in [5, 5.41) is 3.50. The highest BCUT2D eigenvalue weighted by Gasteiger charge is 2.41. The number of nitrogens with one attached hydrogen (secondary N) is 1. The van der Waals surface area contributed by atoms with Crippen LogP contribution >= 0.6 is 24.0 Å². The molecule has 2 fully saturated rings. The number of fused-ring (bicyclic) bond motifs is 1. The van der Waals surface area contributed by atoms with Crippen LogP contribution in [0.15, 0.2) is 41.5 Å². The smallest absolute Gasteiger partial charge is 0.194 e. The molecule has 2 aliphatic rings. The minimum atomic E-state index is 0. The Morgan fingerprint density at radius 2 is 2.03 bits per heavy atom. The number of aliphatic imine (C=N–C) groups is 1. The van der Waals surface area contributed by atoms with E-state index in [9.17, 15) is 0 Å². The van der Waals surface area contributed by atoms with Crippen LogP contribution in [0.3, 0.4) is 0 Å². The van der Waals surface area contributed by atoms with E-state index in [1.807, 2.05) is 20.2 Å². The first-order chi connectivity index (χ1) is 15.1. The molecule has 1 N–H and O–H groups in total. The summed E-state index contributed by atoms with van der Waals surface area (Å²) in [5.74, 6) is 1.79. The summed E-state index contributed by atoms with van der Waals surface area (Å²) < 4.78 is 11.7. The monoisotopic (exact) mass is 551 g/mol. The number of benzene rings is 1. The van der Waals surface area contributed by atoms with Gasteiger partial charge in [0.1, 0.15) is 5.75 Å². The third-order valence-electron chi connectivity index (χ3n) is 6.32. The summed E-state index contributed by atoms with van der Waals surface area (Å²) >= 11 is 0. The number of morpholine rings is 1. The van der Waals surface area contributed by atoms with Crippen molar-refractivity contribution in [2.75, 3.05) is 40.4 Å². The van der Waals surface area contributed by atoms with E-state index >= 15 is 0 Å². The minimum absolute atomic E-state index is 0. The number of rotatable bonds is 5. The molecular formula is C24H34IN5O2. The molecule has 0 saturated carbocycles. The first kappa shape index (κ1) is 24.7. The van der Waals surface area contributed by atoms with Gasteiger partial charge in [0.25, 0.3) is 0 Å². The quantitative estimate of drug-likeness (QED) is 0.351. The Morgan fingerprint density at radius 3 is 2.75 bits per heavy atom. The lowest BCUT2D eigenvalue weighted by Crippen LogP contribution is -2.50. The molecule has 0 amide bonds. The van der Waals surface area contributed by atoms with Crippen LogP contribution in [-0.2, 0) is 17.8 Å². The van der Waals surface area contributed by atoms with Crippen molar-refractivity contribution in [3.8, 4) is 5.75 Å². The van der Waals surface area contributed by atoms with Gasteiger partial charge in [0.2, 0.25) is 0 Å². The average Bonchev–Trinajstić information content (AvgIpc) is 3.22. The number of ether oxygens (including phenoxy) is 2. The van der Waals surface area contributed by atoms with Crippen molar-refractivity contribution in [3.63, 3.8) is 0 Å². The van der Waals surface area contributed by atoms with Gasteiger partial charge in [0.05, 0.1) is 38.1 Å². The number of hydrogen-bond acceptors (Lipinski definition) is 5. The standard InChI is InChI=1S/C24H33N5O2.HI/c1-17-12-26-20(18(2)23(17)30-4)13-27-24(25-3)29-15-21-22(16-29)31-11-10-28(21)14-19-8-6-5-7-9-19;/h5-9,12,21-22H,10-11,13-16H2,1-4H3,(H,25,27);1H. The van der Waals surface area contributed by atoms with Crippen molar-refractivity contribution < 1.29 is 9.47 Å². The van der Waals surface area contributed by atoms with Crippen LogP contribution in [0.1, 0.15) is 22.4 Å². The van der Waals surface area contributed by atoms with Gasteiger partial charge in [0.15, 0.2) is 5.96 Å². The molecule has 32 heavy (non-hydrogen) atoms. The molecular weight excluding hydrogens is 517 g/mol. The first-order valence-corrected chi connectivity index (χ1v) is 10.9. The lowest BCUT2D eigenvalue weighted by Gasteiger charge is -2.36. The van der Waals surface area contributed by atoms with Gasteiger partial charge in [-0.05, 0) is 19.4 Å². The van der Waals surface area contributed by atoms with Gasteiger partial charge in [-0.1, -0.05) is 30.3 Å². The molecule has 2 atom stereocenters. The summed E-state index contributed by atoms with van der Waals surface area (Å²) in [4.78, 5) is 14.0. The Balaban J connectivity index is 0.00000289. The van der Waals surface area contributed by atoms with E-state index in [1.54, 1.807) is 7.11 Å². The van der Waals surface area contributed by atoms with Crippen LogP contribution in [0.25, 0.3) is 0 Å². The second-order valence-corrected chi connectivity index (χ2v) is 8.28. The van der Waals surface area contributed by atoms with E-state index in [-0.39, 0.29) is 30.1 Å². The third kappa shape index (κ3) is 5.35. The number of nitrogens with zero attached hydrogens (tertiary/aromatic N) is 4. The zero-order valence-electron chi connectivity index (χ0n) is 19.4. The predicted molar refractivity (Wildman–Crippen MR) is 138 cm³/mol. The number of halogens is 1. The highest BCUT2D eigenvalue weighted by molar-refractivity contribution is 14.0. The Kier molecular flexibility index (Phi) is 8.72. The van der Waals surface area contributed by atoms with Gasteiger partial charge in [-0.25, -0.2) is 0 Å². The molecule has 2 aliphatic heterocycles. The van der Waals surface area contributed by atoms with Gasteiger partial charge in [-0.2, -0.15) is 0 Å². The zero-order chi connectivity index (χ0) is 21.8. The van der Waals surface area contributed by atoms with Crippen LogP contribution in [-0.4, -0.2) is 73.3 Å². The molecule has 0 bridgehead atoms. The largest absolute Gasteiger partial charge is 0.496 e. The lowest BCUT2D eigenvalue weighted by atomic mass is 10.1. The second-order valence-electron chi connectivity index (χ2n) is 8.28. The van der Waals surface area contributed by atoms with E-state index in [2.05, 4.69) is 62.3 Å². The lowest BCUT2D eigenvalue weighted by molar-refractivity contribution is -0.0502. The van der Waals surface area contributed by atoms with E-state index in [0.717, 1.165) is 61.3 Å². The molecule has 4 rings (SSSR count). The molecule has 0 aliphatic carbocycles. The van der Waals surface area contributed by atoms with Crippen molar-refractivity contribution in [1.82, 2.24) is 20.1 Å². The van der Waals surface area contributed by atoms with Crippen molar-refractivity contribution in [2.45, 2.75) is 39.1 Å². The third-order valence-corrected chi connectivity index (χ3v) is 6.32. The van der Waals surface area contributed by atoms with Gasteiger partial charge in [-0.3, -0.25) is 14.9 Å². The Hall–Kier alpha value is -1.91. The highest BCUT2D eigenvalue weighted by atomic mass is 127. The first-order valence-electron chi connectivity index (χ1n) is 10.9. The molecule has 2 unspecified atom stereocenters. The van der Waals surface area contributed by atoms with Gasteiger partial charge >= 0.3 is 0 Å². The second kappa shape index (κ2) is 11.3. The number of aryl methyl sites for hydroxylation is 1. The maximum Gasteiger partial charge on any atom is 0.194 e. The molecule has 1 aromatic heterocycles. The fraction of sp³-hybridized carbons (Fsp3) is 0.500. The number of aromatic nitrogens is 1. The van der Waals surface area contributed by atoms with E-state index in [4.69, 9.17) is 9.47 Å². The number of pyridine rings is 1. The molecule has 2 saturated heterocycles. The number of likely N-dealkylation sites (tertiary alicyclic amines) is 1. The molecule has 1 aromatic carbocycles. The number of guanidine groups is 1. The molecule has 8 heteroatoms. The summed E-state index contributed by atoms with van der Waals surface area (Å²) in [7, 11) is 3.54. The molecule has 174 valence electrons. The van der Waals surface area contributed by atoms with Crippen molar-refractivity contribution in [3.05, 3.63) is 58.9 Å². The number of methoxy groups -OCH3 is 1. The maximum atomic E-state index is 6.13. The highest BCUT2D eigenvalue weighted by Crippen LogP contribution is 2.26. The molecule has 0 radical (unpaired) electrons. The van der Waals surface area contributed by atoms with Crippen LogP contribution in [0.5, 0.6) is 5.75 Å². The van der Waals surface area contributed by atoms with Crippen molar-refractivity contribution >= 4 is 29.9 Å². The normalized spacial score (nSPS) is 21.1. The minimum Gasteiger partial charge on any atom is -0.496 e. The van der Waals surface area contributed by atoms with Gasteiger partial charge in [-0.15, -0.1) is 24.0 Å². The average molecular weight is 551 g/mol. The van der Waals surface area contributed by atoms with Crippen molar-refractivity contribution in [2.24, 2.45) is 4.99 Å². The Labute approximate surface area is 208 Å². The van der Waals surface area contributed by atoms with Crippen LogP contribution in [0.2, 0.25) is 0 Å². The maximum absolute atomic E-state index is 6.13. The Bertz CT molecular complexity index is 924. The summed E-state index contributed by atoms with van der Waals surface area (Å²) in [6.45, 7) is 9.12. The van der Waals surface area contributed by atoms with E-state index in [1.165, 1.54) is 5.56 Å². The Morgan fingerprint density at radius 1 is 1.25 bits per heavy atom. The SMILES string of the molecule is CN=C(NCc1ncc(C)c(OC)c1C)N1CC2OCCN(Cc3ccccc3)C2C1.I. The summed E-state index contributed by atoms with van der Waals surface area (Å²) in [5.41, 5.74) is 4.44. The summed E-state index contributed by atoms with van der Waals surface area (Å²) in [6, 6.07) is 11.0. The number of hydrogen-bond donors (Lipinski definition) is 1. The summed E-state index contributed by atoms with van der Waals surface area (Å²) in [6.07, 6.45) is 2.07. The van der Waals surface area contributed by atoms with E-state index in [0.29, 0.717) is 12.6 Å². The molecule has 3 heterocycles. The predicted octanol–water partition coefficient (Wildman–Crippen LogP) is 2.99.